The summed E-state index contributed by atoms with van der Waals surface area (Å²) < 4.78 is 1.78. The molecule has 1 amide bonds. The van der Waals surface area contributed by atoms with Gasteiger partial charge in [0.1, 0.15) is 0 Å². The highest BCUT2D eigenvalue weighted by molar-refractivity contribution is 6.31. The van der Waals surface area contributed by atoms with Gasteiger partial charge in [0.2, 0.25) is 5.91 Å². The van der Waals surface area contributed by atoms with Crippen LogP contribution in [0.2, 0.25) is 5.02 Å². The zero-order valence-corrected chi connectivity index (χ0v) is 14.5. The number of benzene rings is 1. The highest BCUT2D eigenvalue weighted by Gasteiger charge is 2.44. The smallest absolute Gasteiger partial charge is 0.228 e. The standard InChI is InChI=1S/C18H21ClN4O/c1-22-11-12(10-20-22)14-9-15(14)18(24)21-16-8-13(19)4-5-17(16)23-6-2-3-7-23/h4-5,8,10-11,14-15H,2-3,6-7,9H2,1H3,(H,21,24)/t14-,15+/m1/s1. The maximum atomic E-state index is 12.6. The van der Waals surface area contributed by atoms with E-state index in [1.807, 2.05) is 37.6 Å². The van der Waals surface area contributed by atoms with Crippen molar-refractivity contribution < 1.29 is 4.79 Å². The molecule has 6 heteroatoms. The van der Waals surface area contributed by atoms with Gasteiger partial charge < -0.3 is 10.2 Å². The first-order chi connectivity index (χ1) is 11.6. The van der Waals surface area contributed by atoms with Crippen LogP contribution in [0.15, 0.2) is 30.6 Å². The van der Waals surface area contributed by atoms with Crippen LogP contribution in [-0.4, -0.2) is 28.8 Å². The van der Waals surface area contributed by atoms with Crippen LogP contribution in [0.4, 0.5) is 11.4 Å². The van der Waals surface area contributed by atoms with Crippen LogP contribution in [0, 0.1) is 5.92 Å². The van der Waals surface area contributed by atoms with Crippen molar-refractivity contribution in [3.05, 3.63) is 41.2 Å². The predicted octanol–water partition coefficient (Wildman–Crippen LogP) is 3.42. The largest absolute Gasteiger partial charge is 0.370 e. The van der Waals surface area contributed by atoms with Crippen LogP contribution in [0.3, 0.4) is 0 Å². The molecule has 2 aliphatic rings. The summed E-state index contributed by atoms with van der Waals surface area (Å²) in [6.07, 6.45) is 7.13. The van der Waals surface area contributed by atoms with Crippen molar-refractivity contribution in [1.82, 2.24) is 9.78 Å². The lowest BCUT2D eigenvalue weighted by atomic mass is 10.2. The molecule has 2 aromatic rings. The summed E-state index contributed by atoms with van der Waals surface area (Å²) in [4.78, 5) is 15.0. The molecule has 1 aromatic carbocycles. The number of anilines is 2. The Labute approximate surface area is 146 Å². The Balaban J connectivity index is 1.49. The summed E-state index contributed by atoms with van der Waals surface area (Å²) in [6, 6.07) is 5.75. The van der Waals surface area contributed by atoms with Gasteiger partial charge in [0.05, 0.1) is 17.6 Å². The molecule has 0 radical (unpaired) electrons. The first kappa shape index (κ1) is 15.5. The molecule has 1 saturated carbocycles. The summed E-state index contributed by atoms with van der Waals surface area (Å²) in [7, 11) is 1.90. The van der Waals surface area contributed by atoms with Crippen LogP contribution in [0.5, 0.6) is 0 Å². The number of hydrogen-bond donors (Lipinski definition) is 1. The zero-order valence-electron chi connectivity index (χ0n) is 13.7. The molecule has 2 heterocycles. The molecule has 2 atom stereocenters. The number of aromatic nitrogens is 2. The number of aryl methyl sites for hydroxylation is 1. The van der Waals surface area contributed by atoms with Gasteiger partial charge >= 0.3 is 0 Å². The van der Waals surface area contributed by atoms with E-state index in [2.05, 4.69) is 15.3 Å². The van der Waals surface area contributed by atoms with Crippen LogP contribution in [-0.2, 0) is 11.8 Å². The van der Waals surface area contributed by atoms with E-state index in [9.17, 15) is 4.79 Å². The lowest BCUT2D eigenvalue weighted by Crippen LogP contribution is -2.22. The summed E-state index contributed by atoms with van der Waals surface area (Å²) in [5.74, 6) is 0.388. The number of hydrogen-bond acceptors (Lipinski definition) is 3. The van der Waals surface area contributed by atoms with E-state index in [4.69, 9.17) is 11.6 Å². The molecule has 1 aliphatic heterocycles. The molecule has 1 saturated heterocycles. The van der Waals surface area contributed by atoms with Gasteiger partial charge in [0, 0.05) is 37.3 Å². The normalized spacial score (nSPS) is 22.7. The fourth-order valence-corrected chi connectivity index (χ4v) is 3.72. The quantitative estimate of drug-likeness (QED) is 0.924. The van der Waals surface area contributed by atoms with Crippen molar-refractivity contribution >= 4 is 28.9 Å². The van der Waals surface area contributed by atoms with Crippen molar-refractivity contribution in [2.75, 3.05) is 23.3 Å². The Morgan fingerprint density at radius 1 is 1.33 bits per heavy atom. The molecule has 126 valence electrons. The van der Waals surface area contributed by atoms with Gasteiger partial charge in [0.15, 0.2) is 0 Å². The van der Waals surface area contributed by atoms with Crippen molar-refractivity contribution in [3.8, 4) is 0 Å². The molecule has 0 spiro atoms. The summed E-state index contributed by atoms with van der Waals surface area (Å²) in [6.45, 7) is 2.07. The van der Waals surface area contributed by atoms with E-state index < -0.39 is 0 Å². The second-order valence-corrected chi connectivity index (χ2v) is 7.18. The summed E-state index contributed by atoms with van der Waals surface area (Å²) >= 11 is 6.15. The number of amides is 1. The molecular weight excluding hydrogens is 324 g/mol. The molecule has 5 nitrogen and oxygen atoms in total. The van der Waals surface area contributed by atoms with Gasteiger partial charge in [-0.1, -0.05) is 11.6 Å². The molecule has 0 unspecified atom stereocenters. The van der Waals surface area contributed by atoms with Crippen molar-refractivity contribution in [2.45, 2.75) is 25.2 Å². The summed E-state index contributed by atoms with van der Waals surface area (Å²) in [5.41, 5.74) is 3.04. The molecule has 24 heavy (non-hydrogen) atoms. The van der Waals surface area contributed by atoms with Gasteiger partial charge in [-0.25, -0.2) is 0 Å². The van der Waals surface area contributed by atoms with E-state index in [1.165, 1.54) is 12.8 Å². The highest BCUT2D eigenvalue weighted by Crippen LogP contribution is 2.48. The first-order valence-corrected chi connectivity index (χ1v) is 8.83. The molecule has 2 fully saturated rings. The Hall–Kier alpha value is -2.01. The first-order valence-electron chi connectivity index (χ1n) is 8.46. The van der Waals surface area contributed by atoms with Gasteiger partial charge in [-0.05, 0) is 48.9 Å². The zero-order chi connectivity index (χ0) is 16.7. The molecule has 1 N–H and O–H groups in total. The van der Waals surface area contributed by atoms with Crippen molar-refractivity contribution in [1.29, 1.82) is 0 Å². The molecule has 1 aromatic heterocycles. The number of carbonyl (C=O) groups is 1. The lowest BCUT2D eigenvalue weighted by Gasteiger charge is -2.22. The van der Waals surface area contributed by atoms with Crippen LogP contribution < -0.4 is 10.2 Å². The van der Waals surface area contributed by atoms with E-state index in [0.717, 1.165) is 36.4 Å². The summed E-state index contributed by atoms with van der Waals surface area (Å²) in [5, 5.41) is 7.95. The maximum absolute atomic E-state index is 12.6. The highest BCUT2D eigenvalue weighted by atomic mass is 35.5. The number of nitrogens with zero attached hydrogens (tertiary/aromatic N) is 3. The number of halogens is 1. The van der Waals surface area contributed by atoms with Crippen molar-refractivity contribution in [2.24, 2.45) is 13.0 Å². The monoisotopic (exact) mass is 344 g/mol. The minimum absolute atomic E-state index is 0.0274. The van der Waals surface area contributed by atoms with E-state index in [1.54, 1.807) is 4.68 Å². The van der Waals surface area contributed by atoms with Crippen molar-refractivity contribution in [3.63, 3.8) is 0 Å². The third-order valence-corrected chi connectivity index (χ3v) is 5.18. The number of carbonyl (C=O) groups excluding carboxylic acids is 1. The second-order valence-electron chi connectivity index (χ2n) is 6.74. The van der Waals surface area contributed by atoms with Gasteiger partial charge in [-0.15, -0.1) is 0 Å². The molecule has 1 aliphatic carbocycles. The third kappa shape index (κ3) is 3.00. The Kier molecular flexibility index (Phi) is 3.96. The second kappa shape index (κ2) is 6.13. The van der Waals surface area contributed by atoms with Crippen LogP contribution in [0.25, 0.3) is 0 Å². The predicted molar refractivity (Wildman–Crippen MR) is 95.6 cm³/mol. The minimum atomic E-state index is 0.0274. The lowest BCUT2D eigenvalue weighted by molar-refractivity contribution is -0.117. The molecule has 4 rings (SSSR count). The fourth-order valence-electron chi connectivity index (χ4n) is 3.55. The van der Waals surface area contributed by atoms with Crippen LogP contribution >= 0.6 is 11.6 Å². The Bertz CT molecular complexity index is 766. The Morgan fingerprint density at radius 3 is 2.83 bits per heavy atom. The minimum Gasteiger partial charge on any atom is -0.370 e. The fraction of sp³-hybridized carbons (Fsp3) is 0.444. The van der Waals surface area contributed by atoms with Gasteiger partial charge in [0.25, 0.3) is 0 Å². The van der Waals surface area contributed by atoms with Gasteiger partial charge in [-0.2, -0.15) is 5.10 Å². The third-order valence-electron chi connectivity index (χ3n) is 4.94. The average molecular weight is 345 g/mol. The molecular formula is C18H21ClN4O. The topological polar surface area (TPSA) is 50.2 Å². The average Bonchev–Trinajstić information content (AvgIpc) is 2.95. The van der Waals surface area contributed by atoms with Gasteiger partial charge in [-0.3, -0.25) is 9.48 Å². The van der Waals surface area contributed by atoms with Crippen LogP contribution in [0.1, 0.15) is 30.7 Å². The molecule has 0 bridgehead atoms. The number of nitrogens with one attached hydrogen (secondary N) is 1. The van der Waals surface area contributed by atoms with E-state index in [0.29, 0.717) is 5.02 Å². The van der Waals surface area contributed by atoms with E-state index >= 15 is 0 Å². The van der Waals surface area contributed by atoms with E-state index in [-0.39, 0.29) is 17.7 Å². The SMILES string of the molecule is Cn1cc([C@H]2C[C@@H]2C(=O)Nc2cc(Cl)ccc2N2CCCC2)cn1. The number of rotatable bonds is 4. The Morgan fingerprint density at radius 2 is 2.12 bits per heavy atom. The maximum Gasteiger partial charge on any atom is 0.228 e.